The molecule has 1 unspecified atom stereocenters. The molecule has 98 valence electrons. The fourth-order valence-electron chi connectivity index (χ4n) is 2.28. The Labute approximate surface area is 109 Å². The molecule has 0 radical (unpaired) electrons. The van der Waals surface area contributed by atoms with Gasteiger partial charge in [-0.2, -0.15) is 0 Å². The zero-order valence-electron chi connectivity index (χ0n) is 11.6. The minimum atomic E-state index is 0.0366. The van der Waals surface area contributed by atoms with E-state index in [1.165, 1.54) is 23.9 Å². The van der Waals surface area contributed by atoms with Crippen LogP contribution in [-0.2, 0) is 6.54 Å². The van der Waals surface area contributed by atoms with Crippen LogP contribution < -0.4 is 5.73 Å². The molecule has 1 heterocycles. The molecule has 1 aromatic heterocycles. The van der Waals surface area contributed by atoms with Gasteiger partial charge in [-0.15, -0.1) is 0 Å². The van der Waals surface area contributed by atoms with E-state index in [0.29, 0.717) is 0 Å². The number of nitrogens with two attached hydrogens (primary N) is 1. The third-order valence-electron chi connectivity index (χ3n) is 3.44. The van der Waals surface area contributed by atoms with Crippen molar-refractivity contribution in [2.24, 2.45) is 5.73 Å². The molecular formula is C15H23N3. The standard InChI is InChI=1S/C15H23N3/c1-4-6-9-18-14-8-7-11(3)10-13(14)17-15(18)12(16)5-2/h7-8,10,12H,4-6,9,16H2,1-3H3. The van der Waals surface area contributed by atoms with Crippen LogP contribution in [0.3, 0.4) is 0 Å². The molecule has 0 saturated heterocycles. The highest BCUT2D eigenvalue weighted by atomic mass is 15.1. The molecule has 0 aliphatic rings. The second-order valence-corrected chi connectivity index (χ2v) is 4.98. The van der Waals surface area contributed by atoms with E-state index in [4.69, 9.17) is 10.7 Å². The lowest BCUT2D eigenvalue weighted by Crippen LogP contribution is -2.16. The molecule has 0 aliphatic heterocycles. The molecule has 0 saturated carbocycles. The topological polar surface area (TPSA) is 43.8 Å². The Kier molecular flexibility index (Phi) is 4.02. The van der Waals surface area contributed by atoms with E-state index in [1.54, 1.807) is 0 Å². The molecule has 2 N–H and O–H groups in total. The molecule has 1 aromatic carbocycles. The molecule has 0 spiro atoms. The third kappa shape index (κ3) is 2.41. The van der Waals surface area contributed by atoms with Gasteiger partial charge in [-0.25, -0.2) is 4.98 Å². The lowest BCUT2D eigenvalue weighted by Gasteiger charge is -2.12. The van der Waals surface area contributed by atoms with Crippen molar-refractivity contribution in [3.63, 3.8) is 0 Å². The number of hydrogen-bond acceptors (Lipinski definition) is 2. The number of fused-ring (bicyclic) bond motifs is 1. The summed E-state index contributed by atoms with van der Waals surface area (Å²) in [4.78, 5) is 4.74. The van der Waals surface area contributed by atoms with Crippen molar-refractivity contribution in [2.45, 2.75) is 52.6 Å². The van der Waals surface area contributed by atoms with Crippen LogP contribution in [0.25, 0.3) is 11.0 Å². The van der Waals surface area contributed by atoms with Gasteiger partial charge in [0, 0.05) is 6.54 Å². The maximum atomic E-state index is 6.19. The van der Waals surface area contributed by atoms with E-state index in [-0.39, 0.29) is 6.04 Å². The second kappa shape index (κ2) is 5.53. The fourth-order valence-corrected chi connectivity index (χ4v) is 2.28. The van der Waals surface area contributed by atoms with Crippen LogP contribution in [0.2, 0.25) is 0 Å². The smallest absolute Gasteiger partial charge is 0.126 e. The maximum absolute atomic E-state index is 6.19. The first-order valence-corrected chi connectivity index (χ1v) is 6.89. The summed E-state index contributed by atoms with van der Waals surface area (Å²) in [7, 11) is 0. The molecule has 0 aliphatic carbocycles. The van der Waals surface area contributed by atoms with E-state index in [9.17, 15) is 0 Å². The van der Waals surface area contributed by atoms with Crippen LogP contribution in [0.5, 0.6) is 0 Å². The number of unbranched alkanes of at least 4 members (excludes halogenated alkanes) is 1. The van der Waals surface area contributed by atoms with Gasteiger partial charge in [-0.3, -0.25) is 0 Å². The maximum Gasteiger partial charge on any atom is 0.126 e. The molecule has 3 heteroatoms. The van der Waals surface area contributed by atoms with Crippen molar-refractivity contribution in [3.8, 4) is 0 Å². The zero-order valence-corrected chi connectivity index (χ0v) is 11.6. The van der Waals surface area contributed by atoms with Crippen LogP contribution in [0.1, 0.15) is 50.5 Å². The summed E-state index contributed by atoms with van der Waals surface area (Å²) in [6, 6.07) is 6.49. The number of rotatable bonds is 5. The Bertz CT molecular complexity index is 528. The summed E-state index contributed by atoms with van der Waals surface area (Å²) >= 11 is 0. The molecule has 2 aromatic rings. The Balaban J connectivity index is 2.52. The van der Waals surface area contributed by atoms with Gasteiger partial charge in [0.05, 0.1) is 17.1 Å². The minimum absolute atomic E-state index is 0.0366. The number of imidazole rings is 1. The quantitative estimate of drug-likeness (QED) is 0.875. The number of aryl methyl sites for hydroxylation is 2. The Morgan fingerprint density at radius 2 is 2.11 bits per heavy atom. The predicted molar refractivity (Wildman–Crippen MR) is 76.6 cm³/mol. The molecule has 3 nitrogen and oxygen atoms in total. The van der Waals surface area contributed by atoms with Crippen LogP contribution >= 0.6 is 0 Å². The van der Waals surface area contributed by atoms with Crippen LogP contribution in [0.4, 0.5) is 0 Å². The Morgan fingerprint density at radius 3 is 2.78 bits per heavy atom. The normalized spacial score (nSPS) is 13.1. The summed E-state index contributed by atoms with van der Waals surface area (Å²) in [6.45, 7) is 7.44. The number of nitrogens with zero attached hydrogens (tertiary/aromatic N) is 2. The highest BCUT2D eigenvalue weighted by Gasteiger charge is 2.15. The minimum Gasteiger partial charge on any atom is -0.327 e. The SMILES string of the molecule is CCCCn1c(C(N)CC)nc2cc(C)ccc21. The van der Waals surface area contributed by atoms with Gasteiger partial charge in [-0.1, -0.05) is 26.3 Å². The molecule has 0 fully saturated rings. The zero-order chi connectivity index (χ0) is 13.1. The number of hydrogen-bond donors (Lipinski definition) is 1. The number of aromatic nitrogens is 2. The van der Waals surface area contributed by atoms with Gasteiger partial charge in [0.2, 0.25) is 0 Å². The van der Waals surface area contributed by atoms with E-state index in [0.717, 1.165) is 24.3 Å². The summed E-state index contributed by atoms with van der Waals surface area (Å²) in [5, 5.41) is 0. The van der Waals surface area contributed by atoms with Crippen LogP contribution in [0, 0.1) is 6.92 Å². The Morgan fingerprint density at radius 1 is 1.33 bits per heavy atom. The van der Waals surface area contributed by atoms with Gasteiger partial charge in [0.15, 0.2) is 0 Å². The monoisotopic (exact) mass is 245 g/mol. The van der Waals surface area contributed by atoms with Crippen molar-refractivity contribution in [1.29, 1.82) is 0 Å². The lowest BCUT2D eigenvalue weighted by molar-refractivity contribution is 0.560. The second-order valence-electron chi connectivity index (χ2n) is 4.98. The summed E-state index contributed by atoms with van der Waals surface area (Å²) in [5.41, 5.74) is 9.72. The molecule has 0 bridgehead atoms. The highest BCUT2D eigenvalue weighted by Crippen LogP contribution is 2.23. The fraction of sp³-hybridized carbons (Fsp3) is 0.533. The van der Waals surface area contributed by atoms with Crippen molar-refractivity contribution in [3.05, 3.63) is 29.6 Å². The summed E-state index contributed by atoms with van der Waals surface area (Å²) in [5.74, 6) is 1.03. The largest absolute Gasteiger partial charge is 0.327 e. The van der Waals surface area contributed by atoms with Crippen molar-refractivity contribution in [1.82, 2.24) is 9.55 Å². The van der Waals surface area contributed by atoms with Crippen molar-refractivity contribution < 1.29 is 0 Å². The summed E-state index contributed by atoms with van der Waals surface area (Å²) in [6.07, 6.45) is 3.28. The average molecular weight is 245 g/mol. The van der Waals surface area contributed by atoms with Crippen molar-refractivity contribution in [2.75, 3.05) is 0 Å². The lowest BCUT2D eigenvalue weighted by atomic mass is 10.2. The molecular weight excluding hydrogens is 222 g/mol. The van der Waals surface area contributed by atoms with Gasteiger partial charge in [0.25, 0.3) is 0 Å². The van der Waals surface area contributed by atoms with Gasteiger partial charge < -0.3 is 10.3 Å². The van der Waals surface area contributed by atoms with Crippen LogP contribution in [-0.4, -0.2) is 9.55 Å². The van der Waals surface area contributed by atoms with E-state index in [1.807, 2.05) is 0 Å². The predicted octanol–water partition coefficient (Wildman–Crippen LogP) is 3.55. The van der Waals surface area contributed by atoms with Crippen molar-refractivity contribution >= 4 is 11.0 Å². The molecule has 1 atom stereocenters. The first-order valence-electron chi connectivity index (χ1n) is 6.89. The van der Waals surface area contributed by atoms with Crippen LogP contribution in [0.15, 0.2) is 18.2 Å². The summed E-state index contributed by atoms with van der Waals surface area (Å²) < 4.78 is 2.30. The number of benzene rings is 1. The Hall–Kier alpha value is -1.35. The van der Waals surface area contributed by atoms with Gasteiger partial charge in [0.1, 0.15) is 5.82 Å². The molecule has 2 rings (SSSR count). The highest BCUT2D eigenvalue weighted by molar-refractivity contribution is 5.77. The molecule has 18 heavy (non-hydrogen) atoms. The average Bonchev–Trinajstić information content (AvgIpc) is 2.73. The van der Waals surface area contributed by atoms with E-state index in [2.05, 4.69) is 43.5 Å². The molecule has 0 amide bonds. The first kappa shape index (κ1) is 13.1. The van der Waals surface area contributed by atoms with Gasteiger partial charge in [-0.05, 0) is 37.5 Å². The first-order chi connectivity index (χ1) is 8.67. The third-order valence-corrected chi connectivity index (χ3v) is 3.44. The van der Waals surface area contributed by atoms with E-state index < -0.39 is 0 Å². The van der Waals surface area contributed by atoms with Gasteiger partial charge >= 0.3 is 0 Å². The van der Waals surface area contributed by atoms with E-state index >= 15 is 0 Å².